The Hall–Kier alpha value is -0.0400. The Morgan fingerprint density at radius 1 is 0.933 bits per heavy atom. The quantitative estimate of drug-likeness (QED) is 0.685. The van der Waals surface area contributed by atoms with Gasteiger partial charge in [-0.25, -0.2) is 0 Å². The first kappa shape index (κ1) is 10.1. The van der Waals surface area contributed by atoms with Gasteiger partial charge in [0.05, 0.1) is 0 Å². The molecular weight excluding hydrogens is 182 g/mol. The normalized spacial score (nSPS) is 41.4. The number of nitrogens with zero attached hydrogens (tertiary/aromatic N) is 1. The second kappa shape index (κ2) is 3.76. The Bertz CT molecular complexity index is 217. The molecule has 3 fully saturated rings. The molecule has 0 aromatic carbocycles. The summed E-state index contributed by atoms with van der Waals surface area (Å²) in [5.41, 5.74) is 0. The van der Waals surface area contributed by atoms with Crippen molar-refractivity contribution < 1.29 is 0 Å². The molecule has 0 N–H and O–H groups in total. The van der Waals surface area contributed by atoms with Gasteiger partial charge in [-0.15, -0.1) is 0 Å². The summed E-state index contributed by atoms with van der Waals surface area (Å²) in [7, 11) is 0. The minimum absolute atomic E-state index is 0.905. The summed E-state index contributed by atoms with van der Waals surface area (Å²) in [6.07, 6.45) is 10.5. The number of fused-ring (bicyclic) bond motifs is 2. The van der Waals surface area contributed by atoms with Crippen molar-refractivity contribution in [1.82, 2.24) is 4.90 Å². The van der Waals surface area contributed by atoms with E-state index in [1.54, 1.807) is 0 Å². The third-order valence-electron chi connectivity index (χ3n) is 4.66. The SMILES string of the molecule is CC(C)CC1CC2CC[C@@H](C1)N2C1CC1. The van der Waals surface area contributed by atoms with Crippen LogP contribution in [0.25, 0.3) is 0 Å². The molecule has 2 bridgehead atoms. The molecule has 86 valence electrons. The minimum atomic E-state index is 0.905. The zero-order valence-corrected chi connectivity index (χ0v) is 10.3. The first-order valence-corrected chi connectivity index (χ1v) is 7.01. The Kier molecular flexibility index (Phi) is 2.54. The van der Waals surface area contributed by atoms with Crippen LogP contribution in [0.5, 0.6) is 0 Å². The van der Waals surface area contributed by atoms with Crippen LogP contribution in [-0.4, -0.2) is 23.0 Å². The van der Waals surface area contributed by atoms with Crippen molar-refractivity contribution in [3.8, 4) is 0 Å². The van der Waals surface area contributed by atoms with Crippen LogP contribution < -0.4 is 0 Å². The molecule has 1 nitrogen and oxygen atoms in total. The van der Waals surface area contributed by atoms with Crippen LogP contribution in [0.3, 0.4) is 0 Å². The monoisotopic (exact) mass is 207 g/mol. The topological polar surface area (TPSA) is 3.24 Å². The molecule has 0 aromatic heterocycles. The highest BCUT2D eigenvalue weighted by molar-refractivity contribution is 5.01. The average Bonchev–Trinajstić information content (AvgIpc) is 2.94. The lowest BCUT2D eigenvalue weighted by atomic mass is 9.84. The molecule has 2 heterocycles. The van der Waals surface area contributed by atoms with E-state index in [0.29, 0.717) is 0 Å². The second-order valence-corrected chi connectivity index (χ2v) is 6.53. The molecule has 0 radical (unpaired) electrons. The van der Waals surface area contributed by atoms with E-state index in [9.17, 15) is 0 Å². The molecule has 3 rings (SSSR count). The van der Waals surface area contributed by atoms with E-state index >= 15 is 0 Å². The number of hydrogen-bond acceptors (Lipinski definition) is 1. The van der Waals surface area contributed by atoms with E-state index < -0.39 is 0 Å². The van der Waals surface area contributed by atoms with Gasteiger partial charge in [0.25, 0.3) is 0 Å². The molecule has 2 aliphatic heterocycles. The van der Waals surface area contributed by atoms with Gasteiger partial charge in [-0.1, -0.05) is 13.8 Å². The molecule has 1 heteroatoms. The molecule has 2 unspecified atom stereocenters. The molecule has 15 heavy (non-hydrogen) atoms. The predicted molar refractivity (Wildman–Crippen MR) is 63.9 cm³/mol. The number of hydrogen-bond donors (Lipinski definition) is 0. The average molecular weight is 207 g/mol. The molecule has 0 amide bonds. The highest BCUT2D eigenvalue weighted by Gasteiger charge is 2.46. The third-order valence-corrected chi connectivity index (χ3v) is 4.66. The van der Waals surface area contributed by atoms with Crippen molar-refractivity contribution in [2.24, 2.45) is 11.8 Å². The minimum Gasteiger partial charge on any atom is -0.294 e. The van der Waals surface area contributed by atoms with Crippen LogP contribution in [0.1, 0.15) is 58.8 Å². The summed E-state index contributed by atoms with van der Waals surface area (Å²) in [6.45, 7) is 4.77. The zero-order chi connectivity index (χ0) is 10.4. The van der Waals surface area contributed by atoms with Crippen molar-refractivity contribution in [1.29, 1.82) is 0 Å². The van der Waals surface area contributed by atoms with Crippen LogP contribution >= 0.6 is 0 Å². The third kappa shape index (κ3) is 1.95. The van der Waals surface area contributed by atoms with E-state index in [1.807, 2.05) is 0 Å². The fourth-order valence-corrected chi connectivity index (χ4v) is 4.15. The molecule has 3 atom stereocenters. The van der Waals surface area contributed by atoms with Crippen LogP contribution in [0.15, 0.2) is 0 Å². The maximum atomic E-state index is 2.91. The Morgan fingerprint density at radius 3 is 1.93 bits per heavy atom. The van der Waals surface area contributed by atoms with Gasteiger partial charge in [0.15, 0.2) is 0 Å². The number of rotatable bonds is 3. The molecule has 0 aromatic rings. The van der Waals surface area contributed by atoms with Crippen LogP contribution in [0.2, 0.25) is 0 Å². The van der Waals surface area contributed by atoms with E-state index in [0.717, 1.165) is 30.0 Å². The first-order chi connectivity index (χ1) is 7.24. The summed E-state index contributed by atoms with van der Waals surface area (Å²) in [4.78, 5) is 2.91. The standard InChI is InChI=1S/C14H25N/c1-10(2)7-11-8-13-5-6-14(9-11)15(13)12-3-4-12/h10-14H,3-9H2,1-2H3/t11?,13-,14?/m0/s1. The largest absolute Gasteiger partial charge is 0.294 e. The molecule has 0 spiro atoms. The summed E-state index contributed by atoms with van der Waals surface area (Å²) < 4.78 is 0. The van der Waals surface area contributed by atoms with Crippen molar-refractivity contribution in [2.75, 3.05) is 0 Å². The molecule has 1 aliphatic carbocycles. The van der Waals surface area contributed by atoms with Gasteiger partial charge < -0.3 is 0 Å². The Labute approximate surface area is 94.2 Å². The number of piperidine rings is 1. The lowest BCUT2D eigenvalue weighted by Gasteiger charge is -2.39. The lowest BCUT2D eigenvalue weighted by molar-refractivity contribution is 0.0876. The van der Waals surface area contributed by atoms with Crippen LogP contribution in [0.4, 0.5) is 0 Å². The highest BCUT2D eigenvalue weighted by Crippen LogP contribution is 2.46. The maximum absolute atomic E-state index is 2.91. The summed E-state index contributed by atoms with van der Waals surface area (Å²) >= 11 is 0. The van der Waals surface area contributed by atoms with E-state index in [4.69, 9.17) is 0 Å². The van der Waals surface area contributed by atoms with E-state index in [2.05, 4.69) is 18.7 Å². The van der Waals surface area contributed by atoms with E-state index in [-0.39, 0.29) is 0 Å². The van der Waals surface area contributed by atoms with Crippen LogP contribution in [0, 0.1) is 11.8 Å². The van der Waals surface area contributed by atoms with Gasteiger partial charge in [0, 0.05) is 18.1 Å². The summed E-state index contributed by atoms with van der Waals surface area (Å²) in [5, 5.41) is 0. The molecular formula is C14H25N. The maximum Gasteiger partial charge on any atom is 0.0104 e. The van der Waals surface area contributed by atoms with Gasteiger partial charge in [0.1, 0.15) is 0 Å². The van der Waals surface area contributed by atoms with Crippen LogP contribution in [-0.2, 0) is 0 Å². The summed E-state index contributed by atoms with van der Waals surface area (Å²) in [5.74, 6) is 1.96. The predicted octanol–water partition coefficient (Wildman–Crippen LogP) is 3.44. The lowest BCUT2D eigenvalue weighted by Crippen LogP contribution is -2.44. The van der Waals surface area contributed by atoms with Gasteiger partial charge in [0.2, 0.25) is 0 Å². The molecule has 1 saturated carbocycles. The zero-order valence-electron chi connectivity index (χ0n) is 10.3. The van der Waals surface area contributed by atoms with Crippen molar-refractivity contribution in [2.45, 2.75) is 76.9 Å². The van der Waals surface area contributed by atoms with Crippen molar-refractivity contribution in [3.63, 3.8) is 0 Å². The van der Waals surface area contributed by atoms with Crippen molar-refractivity contribution >= 4 is 0 Å². The van der Waals surface area contributed by atoms with E-state index in [1.165, 1.54) is 44.9 Å². The molecule has 3 aliphatic rings. The highest BCUT2D eigenvalue weighted by atomic mass is 15.3. The first-order valence-electron chi connectivity index (χ1n) is 7.01. The van der Waals surface area contributed by atoms with Gasteiger partial charge in [-0.3, -0.25) is 4.90 Å². The Balaban J connectivity index is 1.63. The van der Waals surface area contributed by atoms with Gasteiger partial charge in [-0.05, 0) is 56.8 Å². The second-order valence-electron chi connectivity index (χ2n) is 6.53. The fourth-order valence-electron chi connectivity index (χ4n) is 4.15. The van der Waals surface area contributed by atoms with Crippen molar-refractivity contribution in [3.05, 3.63) is 0 Å². The summed E-state index contributed by atoms with van der Waals surface area (Å²) in [6, 6.07) is 2.99. The van der Waals surface area contributed by atoms with Gasteiger partial charge in [-0.2, -0.15) is 0 Å². The molecule has 2 saturated heterocycles. The smallest absolute Gasteiger partial charge is 0.0104 e. The fraction of sp³-hybridized carbons (Fsp3) is 1.00. The van der Waals surface area contributed by atoms with Gasteiger partial charge >= 0.3 is 0 Å². The Morgan fingerprint density at radius 2 is 1.47 bits per heavy atom.